The molecule has 0 unspecified atom stereocenters. The molecule has 0 aromatic heterocycles. The van der Waals surface area contributed by atoms with E-state index in [0.29, 0.717) is 15.6 Å². The second-order valence-corrected chi connectivity index (χ2v) is 4.25. The fraction of sp³-hybridized carbons (Fsp3) is 0. The van der Waals surface area contributed by atoms with Crippen molar-refractivity contribution in [2.24, 2.45) is 0 Å². The molecule has 0 N–H and O–H groups in total. The standard InChI is InChI=1S/C9H4Cl4O/c10-6-2-1-5(3-7(6)11)8(14)4-9(12)13/h1-4H. The fourth-order valence-corrected chi connectivity index (χ4v) is 1.33. The Hall–Kier alpha value is -0.210. The topological polar surface area (TPSA) is 17.1 Å². The van der Waals surface area contributed by atoms with E-state index in [2.05, 4.69) is 0 Å². The zero-order valence-corrected chi connectivity index (χ0v) is 9.75. The summed E-state index contributed by atoms with van der Waals surface area (Å²) in [6.07, 6.45) is 1.10. The summed E-state index contributed by atoms with van der Waals surface area (Å²) in [5.74, 6) is -0.316. The number of hydrogen-bond donors (Lipinski definition) is 0. The van der Waals surface area contributed by atoms with E-state index in [1.165, 1.54) is 12.1 Å². The van der Waals surface area contributed by atoms with Gasteiger partial charge in [-0.1, -0.05) is 46.4 Å². The van der Waals surface area contributed by atoms with Crippen LogP contribution in [-0.4, -0.2) is 5.78 Å². The molecule has 0 amide bonds. The van der Waals surface area contributed by atoms with Gasteiger partial charge >= 0.3 is 0 Å². The summed E-state index contributed by atoms with van der Waals surface area (Å²) in [6.45, 7) is 0. The number of hydrogen-bond acceptors (Lipinski definition) is 1. The molecule has 1 aromatic carbocycles. The molecule has 0 saturated carbocycles. The molecule has 0 heterocycles. The van der Waals surface area contributed by atoms with Gasteiger partial charge in [0, 0.05) is 11.6 Å². The van der Waals surface area contributed by atoms with Gasteiger partial charge in [-0.25, -0.2) is 0 Å². The van der Waals surface area contributed by atoms with Crippen LogP contribution in [0.2, 0.25) is 10.0 Å². The minimum Gasteiger partial charge on any atom is -0.289 e. The number of allylic oxidation sites excluding steroid dienone is 1. The van der Waals surface area contributed by atoms with Gasteiger partial charge in [-0.05, 0) is 18.2 Å². The molecule has 1 rings (SSSR count). The third kappa shape index (κ3) is 3.18. The van der Waals surface area contributed by atoms with E-state index in [1.807, 2.05) is 0 Å². The Morgan fingerprint density at radius 1 is 1.14 bits per heavy atom. The van der Waals surface area contributed by atoms with Gasteiger partial charge in [-0.3, -0.25) is 4.79 Å². The van der Waals surface area contributed by atoms with E-state index < -0.39 is 0 Å². The van der Waals surface area contributed by atoms with Gasteiger partial charge in [0.05, 0.1) is 10.0 Å². The van der Waals surface area contributed by atoms with Crippen LogP contribution in [0.5, 0.6) is 0 Å². The van der Waals surface area contributed by atoms with E-state index in [0.717, 1.165) is 6.08 Å². The molecule has 0 fully saturated rings. The Bertz CT molecular complexity index is 394. The predicted molar refractivity (Wildman–Crippen MR) is 60.6 cm³/mol. The predicted octanol–water partition coefficient (Wildman–Crippen LogP) is 4.50. The summed E-state index contributed by atoms with van der Waals surface area (Å²) in [7, 11) is 0. The lowest BCUT2D eigenvalue weighted by Gasteiger charge is -1.98. The van der Waals surface area contributed by atoms with Crippen molar-refractivity contribution in [3.05, 3.63) is 44.4 Å². The van der Waals surface area contributed by atoms with Crippen LogP contribution >= 0.6 is 46.4 Å². The Kier molecular flexibility index (Phi) is 4.27. The summed E-state index contributed by atoms with van der Waals surface area (Å²) >= 11 is 22.1. The first kappa shape index (κ1) is 11.9. The molecule has 14 heavy (non-hydrogen) atoms. The average molecular weight is 270 g/mol. The maximum absolute atomic E-state index is 11.4. The smallest absolute Gasteiger partial charge is 0.188 e. The minimum atomic E-state index is -0.316. The highest BCUT2D eigenvalue weighted by Crippen LogP contribution is 2.23. The number of carbonyl (C=O) groups is 1. The van der Waals surface area contributed by atoms with Gasteiger partial charge < -0.3 is 0 Å². The zero-order valence-electron chi connectivity index (χ0n) is 6.73. The third-order valence-corrected chi connectivity index (χ3v) is 2.40. The van der Waals surface area contributed by atoms with Crippen LogP contribution in [-0.2, 0) is 0 Å². The Morgan fingerprint density at radius 2 is 1.79 bits per heavy atom. The van der Waals surface area contributed by atoms with Crippen molar-refractivity contribution < 1.29 is 4.79 Å². The Balaban J connectivity index is 3.03. The molecular weight excluding hydrogens is 266 g/mol. The highest BCUT2D eigenvalue weighted by Gasteiger charge is 2.05. The van der Waals surface area contributed by atoms with Crippen LogP contribution in [0.1, 0.15) is 10.4 Å². The molecule has 0 saturated heterocycles. The SMILES string of the molecule is O=C(C=C(Cl)Cl)c1ccc(Cl)c(Cl)c1. The van der Waals surface area contributed by atoms with Crippen LogP contribution in [0.15, 0.2) is 28.8 Å². The number of ketones is 1. The van der Waals surface area contributed by atoms with Gasteiger partial charge in [-0.15, -0.1) is 0 Å². The van der Waals surface area contributed by atoms with Crippen molar-refractivity contribution in [2.75, 3.05) is 0 Å². The van der Waals surface area contributed by atoms with E-state index in [1.54, 1.807) is 6.07 Å². The van der Waals surface area contributed by atoms with Crippen LogP contribution in [0.4, 0.5) is 0 Å². The lowest BCUT2D eigenvalue weighted by Crippen LogP contribution is -1.93. The first-order valence-corrected chi connectivity index (χ1v) is 5.04. The molecule has 0 spiro atoms. The maximum Gasteiger partial charge on any atom is 0.188 e. The highest BCUT2D eigenvalue weighted by molar-refractivity contribution is 6.57. The van der Waals surface area contributed by atoms with Crippen molar-refractivity contribution in [1.29, 1.82) is 0 Å². The van der Waals surface area contributed by atoms with Crippen LogP contribution in [0.25, 0.3) is 0 Å². The van der Waals surface area contributed by atoms with Crippen molar-refractivity contribution in [3.63, 3.8) is 0 Å². The first-order chi connectivity index (χ1) is 6.50. The molecule has 1 aromatic rings. The Labute approximate surface area is 101 Å². The Morgan fingerprint density at radius 3 is 2.29 bits per heavy atom. The molecule has 0 radical (unpaired) electrons. The van der Waals surface area contributed by atoms with Gasteiger partial charge in [0.2, 0.25) is 0 Å². The monoisotopic (exact) mass is 268 g/mol. The minimum absolute atomic E-state index is 0.0962. The van der Waals surface area contributed by atoms with Crippen LogP contribution in [0, 0.1) is 0 Å². The number of benzene rings is 1. The zero-order chi connectivity index (χ0) is 10.7. The molecule has 0 aliphatic rings. The normalized spacial score (nSPS) is 9.71. The first-order valence-electron chi connectivity index (χ1n) is 3.53. The van der Waals surface area contributed by atoms with Gasteiger partial charge in [0.15, 0.2) is 5.78 Å². The quantitative estimate of drug-likeness (QED) is 0.571. The van der Waals surface area contributed by atoms with Crippen molar-refractivity contribution in [1.82, 2.24) is 0 Å². The lowest BCUT2D eigenvalue weighted by molar-refractivity contribution is 0.104. The fourth-order valence-electron chi connectivity index (χ4n) is 0.832. The summed E-state index contributed by atoms with van der Waals surface area (Å²) in [5, 5.41) is 0.709. The molecular formula is C9H4Cl4O. The molecule has 74 valence electrons. The molecule has 0 aliphatic carbocycles. The highest BCUT2D eigenvalue weighted by atomic mass is 35.5. The van der Waals surface area contributed by atoms with Crippen LogP contribution < -0.4 is 0 Å². The van der Waals surface area contributed by atoms with E-state index in [9.17, 15) is 4.79 Å². The van der Waals surface area contributed by atoms with Crippen molar-refractivity contribution in [2.45, 2.75) is 0 Å². The molecule has 0 bridgehead atoms. The average Bonchev–Trinajstić information content (AvgIpc) is 2.08. The molecule has 1 nitrogen and oxygen atoms in total. The van der Waals surface area contributed by atoms with E-state index in [-0.39, 0.29) is 10.3 Å². The van der Waals surface area contributed by atoms with Crippen molar-refractivity contribution in [3.8, 4) is 0 Å². The van der Waals surface area contributed by atoms with Gasteiger partial charge in [0.1, 0.15) is 4.49 Å². The van der Waals surface area contributed by atoms with E-state index >= 15 is 0 Å². The second-order valence-electron chi connectivity index (χ2n) is 2.43. The largest absolute Gasteiger partial charge is 0.289 e. The third-order valence-electron chi connectivity index (χ3n) is 1.44. The summed E-state index contributed by atoms with van der Waals surface area (Å²) in [4.78, 5) is 11.4. The van der Waals surface area contributed by atoms with Crippen molar-refractivity contribution >= 4 is 52.2 Å². The number of carbonyl (C=O) groups excluding carboxylic acids is 1. The number of rotatable bonds is 2. The second kappa shape index (κ2) is 5.04. The molecule has 5 heteroatoms. The van der Waals surface area contributed by atoms with E-state index in [4.69, 9.17) is 46.4 Å². The maximum atomic E-state index is 11.4. The summed E-state index contributed by atoms with van der Waals surface area (Å²) < 4.78 is -0.0962. The van der Waals surface area contributed by atoms with Crippen LogP contribution in [0.3, 0.4) is 0 Å². The molecule has 0 aliphatic heterocycles. The lowest BCUT2D eigenvalue weighted by atomic mass is 10.1. The summed E-state index contributed by atoms with van der Waals surface area (Å²) in [5.41, 5.74) is 0.387. The van der Waals surface area contributed by atoms with Gasteiger partial charge in [0.25, 0.3) is 0 Å². The molecule has 0 atom stereocenters. The summed E-state index contributed by atoms with van der Waals surface area (Å²) in [6, 6.07) is 4.54. The van der Waals surface area contributed by atoms with Gasteiger partial charge in [-0.2, -0.15) is 0 Å². The number of halogens is 4.